The molecule has 0 spiro atoms. The van der Waals surface area contributed by atoms with Crippen molar-refractivity contribution < 1.29 is 10.2 Å². The van der Waals surface area contributed by atoms with Crippen LogP contribution in [0.25, 0.3) is 0 Å². The van der Waals surface area contributed by atoms with Gasteiger partial charge in [0.2, 0.25) is 0 Å². The number of aliphatic hydroxyl groups is 2. The highest BCUT2D eigenvalue weighted by Crippen LogP contribution is 2.03. The predicted octanol–water partition coefficient (Wildman–Crippen LogP) is 1.86. The lowest BCUT2D eigenvalue weighted by Gasteiger charge is -1.98. The molecule has 0 aliphatic heterocycles. The summed E-state index contributed by atoms with van der Waals surface area (Å²) in [5.74, 6) is 0. The van der Waals surface area contributed by atoms with Crippen LogP contribution in [0.2, 0.25) is 0 Å². The number of benzene rings is 2. The lowest BCUT2D eigenvalue weighted by Crippen LogP contribution is -2.08. The van der Waals surface area contributed by atoms with E-state index in [2.05, 4.69) is 0 Å². The molecule has 0 aliphatic carbocycles. The minimum Gasteiger partial charge on any atom is -0.392 e. The van der Waals surface area contributed by atoms with E-state index in [1.807, 2.05) is 6.07 Å². The number of nitriles is 1. The summed E-state index contributed by atoms with van der Waals surface area (Å²) in [5, 5.41) is 25.7. The maximum atomic E-state index is 8.70. The van der Waals surface area contributed by atoms with E-state index in [0.717, 1.165) is 16.7 Å². The molecule has 2 aromatic carbocycles. The van der Waals surface area contributed by atoms with Crippen LogP contribution in [-0.2, 0) is 13.2 Å². The Balaban J connectivity index is 0.000000211. The molecule has 0 radical (unpaired) electrons. The normalized spacial score (nSPS) is 9.19. The van der Waals surface area contributed by atoms with E-state index in [0.29, 0.717) is 10.6 Å². The van der Waals surface area contributed by atoms with Crippen molar-refractivity contribution in [1.29, 1.82) is 5.26 Å². The molecule has 5 heteroatoms. The van der Waals surface area contributed by atoms with E-state index in [1.165, 1.54) is 0 Å². The molecule has 0 aromatic heterocycles. The van der Waals surface area contributed by atoms with Crippen LogP contribution in [0.5, 0.6) is 0 Å². The number of hydrogen-bond donors (Lipinski definition) is 3. The number of rotatable bonds is 3. The van der Waals surface area contributed by atoms with Gasteiger partial charge in [0.15, 0.2) is 0 Å². The summed E-state index contributed by atoms with van der Waals surface area (Å²) in [5.41, 5.74) is 8.53. The second-order valence-corrected chi connectivity index (χ2v) is 4.63. The van der Waals surface area contributed by atoms with E-state index in [9.17, 15) is 0 Å². The van der Waals surface area contributed by atoms with Crippen LogP contribution < -0.4 is 5.73 Å². The van der Waals surface area contributed by atoms with Gasteiger partial charge in [-0.1, -0.05) is 48.6 Å². The molecule has 0 saturated carbocycles. The van der Waals surface area contributed by atoms with Gasteiger partial charge in [0.25, 0.3) is 0 Å². The molecule has 0 fully saturated rings. The van der Waals surface area contributed by atoms with Crippen molar-refractivity contribution in [2.45, 2.75) is 13.2 Å². The van der Waals surface area contributed by atoms with Gasteiger partial charge in [-0.3, -0.25) is 0 Å². The van der Waals surface area contributed by atoms with Gasteiger partial charge >= 0.3 is 0 Å². The lowest BCUT2D eigenvalue weighted by molar-refractivity contribution is 0.281. The van der Waals surface area contributed by atoms with Gasteiger partial charge in [-0.05, 0) is 23.3 Å². The highest BCUT2D eigenvalue weighted by atomic mass is 32.1. The van der Waals surface area contributed by atoms with E-state index in [1.54, 1.807) is 48.5 Å². The number of thiocarbonyl (C=S) groups is 1. The number of aliphatic hydroxyl groups excluding tert-OH is 2. The summed E-state index contributed by atoms with van der Waals surface area (Å²) in [6.45, 7) is 0.0866. The molecule has 0 amide bonds. The second kappa shape index (κ2) is 8.82. The SMILES string of the molecule is N#Cc1ccc(CO)cc1.NC(=S)c1ccc(CO)cc1. The molecule has 0 atom stereocenters. The van der Waals surface area contributed by atoms with E-state index in [-0.39, 0.29) is 13.2 Å². The molecular weight excluding hydrogens is 284 g/mol. The van der Waals surface area contributed by atoms with Crippen LogP contribution in [0.1, 0.15) is 22.3 Å². The molecule has 2 rings (SSSR count). The van der Waals surface area contributed by atoms with Crippen LogP contribution >= 0.6 is 12.2 Å². The highest BCUT2D eigenvalue weighted by molar-refractivity contribution is 7.80. The molecule has 0 unspecified atom stereocenters. The van der Waals surface area contributed by atoms with Crippen LogP contribution in [0.4, 0.5) is 0 Å². The summed E-state index contributed by atoms with van der Waals surface area (Å²) in [6, 6.07) is 16.0. The van der Waals surface area contributed by atoms with Gasteiger partial charge in [0, 0.05) is 5.56 Å². The minimum absolute atomic E-state index is 0.0334. The van der Waals surface area contributed by atoms with E-state index >= 15 is 0 Å². The third kappa shape index (κ3) is 5.71. The Kier molecular flexibility index (Phi) is 7.05. The van der Waals surface area contributed by atoms with Gasteiger partial charge in [0.1, 0.15) is 4.99 Å². The Morgan fingerprint density at radius 3 is 1.71 bits per heavy atom. The van der Waals surface area contributed by atoms with Gasteiger partial charge in [-0.25, -0.2) is 0 Å². The topological polar surface area (TPSA) is 90.3 Å². The fourth-order valence-electron chi connectivity index (χ4n) is 1.46. The van der Waals surface area contributed by atoms with Gasteiger partial charge in [-0.2, -0.15) is 5.26 Å². The molecule has 0 bridgehead atoms. The molecule has 0 saturated heterocycles. The zero-order valence-electron chi connectivity index (χ0n) is 11.4. The van der Waals surface area contributed by atoms with Crippen molar-refractivity contribution in [3.63, 3.8) is 0 Å². The van der Waals surface area contributed by atoms with E-state index < -0.39 is 0 Å². The third-order valence-corrected chi connectivity index (χ3v) is 2.92. The number of nitrogens with two attached hydrogens (primary N) is 1. The Labute approximate surface area is 129 Å². The highest BCUT2D eigenvalue weighted by Gasteiger charge is 1.94. The molecule has 0 heterocycles. The summed E-state index contributed by atoms with van der Waals surface area (Å²) in [7, 11) is 0. The van der Waals surface area contributed by atoms with Gasteiger partial charge < -0.3 is 15.9 Å². The van der Waals surface area contributed by atoms with Crippen molar-refractivity contribution in [3.05, 3.63) is 70.8 Å². The zero-order chi connectivity index (χ0) is 15.7. The first-order valence-electron chi connectivity index (χ1n) is 6.20. The van der Waals surface area contributed by atoms with Crippen LogP contribution in [0.3, 0.4) is 0 Å². The first-order chi connectivity index (χ1) is 10.1. The summed E-state index contributed by atoms with van der Waals surface area (Å²) < 4.78 is 0. The Morgan fingerprint density at radius 1 is 0.952 bits per heavy atom. The van der Waals surface area contributed by atoms with E-state index in [4.69, 9.17) is 33.4 Å². The Morgan fingerprint density at radius 2 is 1.38 bits per heavy atom. The lowest BCUT2D eigenvalue weighted by atomic mass is 10.1. The van der Waals surface area contributed by atoms with Crippen molar-refractivity contribution in [2.75, 3.05) is 0 Å². The maximum absolute atomic E-state index is 8.70. The molecule has 108 valence electrons. The van der Waals surface area contributed by atoms with Crippen LogP contribution in [0.15, 0.2) is 48.5 Å². The first kappa shape index (κ1) is 16.8. The van der Waals surface area contributed by atoms with Crippen LogP contribution in [-0.4, -0.2) is 15.2 Å². The molecule has 4 N–H and O–H groups in total. The smallest absolute Gasteiger partial charge is 0.103 e. The molecule has 21 heavy (non-hydrogen) atoms. The molecule has 2 aromatic rings. The first-order valence-corrected chi connectivity index (χ1v) is 6.61. The average Bonchev–Trinajstić information content (AvgIpc) is 2.55. The van der Waals surface area contributed by atoms with Crippen molar-refractivity contribution in [2.24, 2.45) is 5.73 Å². The van der Waals surface area contributed by atoms with Crippen molar-refractivity contribution in [3.8, 4) is 6.07 Å². The quantitative estimate of drug-likeness (QED) is 0.753. The number of hydrogen-bond acceptors (Lipinski definition) is 4. The van der Waals surface area contributed by atoms with Gasteiger partial charge in [-0.15, -0.1) is 0 Å². The maximum Gasteiger partial charge on any atom is 0.103 e. The monoisotopic (exact) mass is 300 g/mol. The van der Waals surface area contributed by atoms with Crippen LogP contribution in [0, 0.1) is 11.3 Å². The Hall–Kier alpha value is -2.26. The summed E-state index contributed by atoms with van der Waals surface area (Å²) >= 11 is 4.76. The van der Waals surface area contributed by atoms with Crippen molar-refractivity contribution in [1.82, 2.24) is 0 Å². The molecule has 4 nitrogen and oxygen atoms in total. The standard InChI is InChI=1S/C8H9NOS.C8H7NO/c9-8(11)7-3-1-6(5-10)2-4-7;9-5-7-1-3-8(6-10)4-2-7/h1-4,10H,5H2,(H2,9,11);1-4,10H,6H2. The fourth-order valence-corrected chi connectivity index (χ4v) is 1.60. The summed E-state index contributed by atoms with van der Waals surface area (Å²) in [4.78, 5) is 0.384. The average molecular weight is 300 g/mol. The number of nitrogens with zero attached hydrogens (tertiary/aromatic N) is 1. The Bertz CT molecular complexity index is 616. The molecule has 0 aliphatic rings. The minimum atomic E-state index is 0.0334. The third-order valence-electron chi connectivity index (χ3n) is 2.69. The van der Waals surface area contributed by atoms with Gasteiger partial charge in [0.05, 0.1) is 24.8 Å². The predicted molar refractivity (Wildman–Crippen MR) is 85.3 cm³/mol. The van der Waals surface area contributed by atoms with Crippen molar-refractivity contribution >= 4 is 17.2 Å². The summed E-state index contributed by atoms with van der Waals surface area (Å²) in [6.07, 6.45) is 0. The fraction of sp³-hybridized carbons (Fsp3) is 0.125. The second-order valence-electron chi connectivity index (χ2n) is 4.19. The largest absolute Gasteiger partial charge is 0.392 e. The molecular formula is C16H16N2O2S. The zero-order valence-corrected chi connectivity index (χ0v) is 12.2.